The molecule has 2 aromatic carbocycles. The zero-order chi connectivity index (χ0) is 13.9. The third-order valence-electron chi connectivity index (χ3n) is 2.73. The van der Waals surface area contributed by atoms with Crippen LogP contribution in [0.25, 0.3) is 10.8 Å². The van der Waals surface area contributed by atoms with Crippen molar-refractivity contribution in [3.8, 4) is 17.8 Å². The van der Waals surface area contributed by atoms with Crippen molar-refractivity contribution in [3.63, 3.8) is 0 Å². The molecule has 0 spiro atoms. The summed E-state index contributed by atoms with van der Waals surface area (Å²) in [5.74, 6) is 0.634. The quantitative estimate of drug-likeness (QED) is 0.713. The van der Waals surface area contributed by atoms with E-state index in [0.29, 0.717) is 5.75 Å². The van der Waals surface area contributed by atoms with E-state index in [1.807, 2.05) is 42.5 Å². The summed E-state index contributed by atoms with van der Waals surface area (Å²) in [4.78, 5) is 7.96. The number of hydrogen-bond donors (Lipinski definition) is 0. The summed E-state index contributed by atoms with van der Waals surface area (Å²) in [6.07, 6.45) is 1.50. The first-order valence-corrected chi connectivity index (χ1v) is 6.64. The van der Waals surface area contributed by atoms with Gasteiger partial charge in [0.2, 0.25) is 0 Å². The van der Waals surface area contributed by atoms with Gasteiger partial charge in [-0.2, -0.15) is 10.2 Å². The third-order valence-corrected chi connectivity index (χ3v) is 3.22. The van der Waals surface area contributed by atoms with E-state index in [-0.39, 0.29) is 11.7 Å². The fourth-order valence-electron chi connectivity index (χ4n) is 1.82. The summed E-state index contributed by atoms with van der Waals surface area (Å²) in [6.45, 7) is 0. The number of aromatic nitrogens is 2. The first-order valence-electron chi connectivity index (χ1n) is 5.85. The Hall–Kier alpha value is -2.45. The van der Waals surface area contributed by atoms with Gasteiger partial charge in [-0.3, -0.25) is 0 Å². The molecule has 0 N–H and O–H groups in total. The predicted molar refractivity (Wildman–Crippen MR) is 78.5 cm³/mol. The molecule has 4 nitrogen and oxygen atoms in total. The molecule has 0 atom stereocenters. The largest absolute Gasteiger partial charge is 0.424 e. The van der Waals surface area contributed by atoms with E-state index < -0.39 is 0 Å². The van der Waals surface area contributed by atoms with Crippen LogP contribution in [0.1, 0.15) is 5.69 Å². The van der Waals surface area contributed by atoms with Crippen molar-refractivity contribution in [3.05, 3.63) is 58.8 Å². The summed E-state index contributed by atoms with van der Waals surface area (Å²) in [5, 5.41) is 11.0. The summed E-state index contributed by atoms with van der Waals surface area (Å²) >= 11 is 3.44. The highest BCUT2D eigenvalue weighted by atomic mass is 79.9. The SMILES string of the molecule is N#Cc1ccnc(Oc2ccc3cc(Br)ccc3c2)n1. The first kappa shape index (κ1) is 12.6. The van der Waals surface area contributed by atoms with E-state index in [1.165, 1.54) is 12.3 Å². The standard InChI is InChI=1S/C15H8BrN3O/c16-12-3-1-11-8-14(4-2-10(11)7-12)20-15-18-6-5-13(9-17)19-15/h1-8H. The average molecular weight is 326 g/mol. The van der Waals surface area contributed by atoms with Gasteiger partial charge in [0.15, 0.2) is 0 Å². The van der Waals surface area contributed by atoms with Gasteiger partial charge in [-0.15, -0.1) is 0 Å². The molecule has 0 saturated heterocycles. The zero-order valence-corrected chi connectivity index (χ0v) is 11.8. The maximum atomic E-state index is 8.80. The lowest BCUT2D eigenvalue weighted by atomic mass is 10.1. The Morgan fingerprint density at radius 3 is 2.70 bits per heavy atom. The Morgan fingerprint density at radius 1 is 1.05 bits per heavy atom. The summed E-state index contributed by atoms with van der Waals surface area (Å²) < 4.78 is 6.61. The number of fused-ring (bicyclic) bond motifs is 1. The van der Waals surface area contributed by atoms with E-state index in [0.717, 1.165) is 15.2 Å². The number of nitriles is 1. The Labute approximate surface area is 123 Å². The van der Waals surface area contributed by atoms with E-state index in [1.54, 1.807) is 0 Å². The van der Waals surface area contributed by atoms with Crippen molar-refractivity contribution in [2.45, 2.75) is 0 Å². The molecule has 0 fully saturated rings. The van der Waals surface area contributed by atoms with E-state index in [9.17, 15) is 0 Å². The van der Waals surface area contributed by atoms with Crippen molar-refractivity contribution >= 4 is 26.7 Å². The number of rotatable bonds is 2. The smallest absolute Gasteiger partial charge is 0.323 e. The van der Waals surface area contributed by atoms with Crippen molar-refractivity contribution in [2.75, 3.05) is 0 Å². The molecular formula is C15H8BrN3O. The second-order valence-electron chi connectivity index (χ2n) is 4.09. The molecule has 0 saturated carbocycles. The third kappa shape index (κ3) is 2.60. The minimum atomic E-state index is 0.167. The molecule has 0 aliphatic carbocycles. The second kappa shape index (κ2) is 5.27. The number of halogens is 1. The average Bonchev–Trinajstić information content (AvgIpc) is 2.47. The minimum Gasteiger partial charge on any atom is -0.424 e. The summed E-state index contributed by atoms with van der Waals surface area (Å²) in [7, 11) is 0. The Morgan fingerprint density at radius 2 is 1.85 bits per heavy atom. The maximum absolute atomic E-state index is 8.80. The number of ether oxygens (including phenoxy) is 1. The molecule has 3 aromatic rings. The van der Waals surface area contributed by atoms with E-state index in [4.69, 9.17) is 10.00 Å². The van der Waals surface area contributed by atoms with Crippen LogP contribution in [-0.2, 0) is 0 Å². The maximum Gasteiger partial charge on any atom is 0.323 e. The Balaban J connectivity index is 1.94. The van der Waals surface area contributed by atoms with Gasteiger partial charge in [-0.25, -0.2) is 4.98 Å². The van der Waals surface area contributed by atoms with Gasteiger partial charge in [0.05, 0.1) is 0 Å². The molecule has 0 aliphatic heterocycles. The molecule has 1 heterocycles. The lowest BCUT2D eigenvalue weighted by molar-refractivity contribution is 0.442. The molecule has 0 radical (unpaired) electrons. The highest BCUT2D eigenvalue weighted by Gasteiger charge is 2.03. The second-order valence-corrected chi connectivity index (χ2v) is 5.01. The van der Waals surface area contributed by atoms with Gasteiger partial charge in [0, 0.05) is 10.7 Å². The molecule has 0 bridgehead atoms. The number of hydrogen-bond acceptors (Lipinski definition) is 4. The van der Waals surface area contributed by atoms with Crippen LogP contribution in [0.4, 0.5) is 0 Å². The van der Waals surface area contributed by atoms with Gasteiger partial charge >= 0.3 is 6.01 Å². The predicted octanol–water partition coefficient (Wildman–Crippen LogP) is 4.06. The molecule has 0 aliphatic rings. The highest BCUT2D eigenvalue weighted by molar-refractivity contribution is 9.10. The van der Waals surface area contributed by atoms with Crippen LogP contribution >= 0.6 is 15.9 Å². The summed E-state index contributed by atoms with van der Waals surface area (Å²) in [5.41, 5.74) is 0.278. The van der Waals surface area contributed by atoms with Gasteiger partial charge in [0.1, 0.15) is 17.5 Å². The molecule has 1 aromatic heterocycles. The topological polar surface area (TPSA) is 58.8 Å². The highest BCUT2D eigenvalue weighted by Crippen LogP contribution is 2.26. The van der Waals surface area contributed by atoms with E-state index in [2.05, 4.69) is 25.9 Å². The number of benzene rings is 2. The van der Waals surface area contributed by atoms with Gasteiger partial charge < -0.3 is 4.74 Å². The number of nitrogens with zero attached hydrogens (tertiary/aromatic N) is 3. The van der Waals surface area contributed by atoms with Crippen molar-refractivity contribution in [2.24, 2.45) is 0 Å². The normalized spacial score (nSPS) is 10.2. The fraction of sp³-hybridized carbons (Fsp3) is 0. The van der Waals surface area contributed by atoms with Crippen LogP contribution in [0.3, 0.4) is 0 Å². The molecule has 5 heteroatoms. The van der Waals surface area contributed by atoms with E-state index >= 15 is 0 Å². The fourth-order valence-corrected chi connectivity index (χ4v) is 2.19. The first-order chi connectivity index (χ1) is 9.74. The molecule has 0 amide bonds. The Bertz CT molecular complexity index is 827. The van der Waals surface area contributed by atoms with Gasteiger partial charge in [0.25, 0.3) is 0 Å². The van der Waals surface area contributed by atoms with Crippen LogP contribution in [-0.4, -0.2) is 9.97 Å². The Kier molecular flexibility index (Phi) is 3.32. The lowest BCUT2D eigenvalue weighted by Crippen LogP contribution is -1.93. The molecule has 96 valence electrons. The lowest BCUT2D eigenvalue weighted by Gasteiger charge is -2.05. The molecule has 3 rings (SSSR count). The van der Waals surface area contributed by atoms with Crippen LogP contribution in [0.2, 0.25) is 0 Å². The molecular weight excluding hydrogens is 318 g/mol. The van der Waals surface area contributed by atoms with Crippen molar-refractivity contribution < 1.29 is 4.74 Å². The van der Waals surface area contributed by atoms with Gasteiger partial charge in [-0.05, 0) is 41.1 Å². The molecule has 20 heavy (non-hydrogen) atoms. The van der Waals surface area contributed by atoms with Crippen molar-refractivity contribution in [1.82, 2.24) is 9.97 Å². The zero-order valence-electron chi connectivity index (χ0n) is 10.2. The van der Waals surface area contributed by atoms with Gasteiger partial charge in [-0.1, -0.05) is 28.1 Å². The van der Waals surface area contributed by atoms with Crippen LogP contribution < -0.4 is 4.74 Å². The molecule has 0 unspecified atom stereocenters. The van der Waals surface area contributed by atoms with Crippen LogP contribution in [0.5, 0.6) is 11.8 Å². The van der Waals surface area contributed by atoms with Crippen LogP contribution in [0, 0.1) is 11.3 Å². The minimum absolute atomic E-state index is 0.167. The summed E-state index contributed by atoms with van der Waals surface area (Å²) in [6, 6.07) is 15.4. The van der Waals surface area contributed by atoms with Crippen LogP contribution in [0.15, 0.2) is 53.1 Å². The van der Waals surface area contributed by atoms with Crippen molar-refractivity contribution in [1.29, 1.82) is 5.26 Å². The monoisotopic (exact) mass is 325 g/mol.